The molecule has 2 fully saturated rings. The molecule has 2 aliphatic rings. The molecule has 0 unspecified atom stereocenters. The van der Waals surface area contributed by atoms with E-state index >= 15 is 0 Å². The summed E-state index contributed by atoms with van der Waals surface area (Å²) in [7, 11) is 0. The van der Waals surface area contributed by atoms with E-state index in [-0.39, 0.29) is 0 Å². The highest BCUT2D eigenvalue weighted by atomic mass is 15.1. The topological polar surface area (TPSA) is 29.3 Å². The summed E-state index contributed by atoms with van der Waals surface area (Å²) in [5.74, 6) is 0.757. The van der Waals surface area contributed by atoms with E-state index in [1.165, 1.54) is 50.0 Å². The molecule has 15 heavy (non-hydrogen) atoms. The van der Waals surface area contributed by atoms with Crippen molar-refractivity contribution in [3.05, 3.63) is 23.8 Å². The summed E-state index contributed by atoms with van der Waals surface area (Å²) in [6, 6.07) is 6.58. The van der Waals surface area contributed by atoms with Gasteiger partial charge in [-0.15, -0.1) is 0 Å². The molecule has 0 amide bonds. The lowest BCUT2D eigenvalue weighted by Crippen LogP contribution is -2.17. The largest absolute Gasteiger partial charge is 0.398 e. The second-order valence-electron chi connectivity index (χ2n) is 4.78. The molecular weight excluding hydrogens is 184 g/mol. The number of rotatable bonds is 2. The molecular formula is C13H18N2. The average molecular weight is 202 g/mol. The highest BCUT2D eigenvalue weighted by Gasteiger charge is 2.26. The number of nitrogens with zero attached hydrogens (tertiary/aromatic N) is 1. The Bertz CT molecular complexity index is 363. The van der Waals surface area contributed by atoms with Gasteiger partial charge in [0.25, 0.3) is 0 Å². The van der Waals surface area contributed by atoms with Crippen molar-refractivity contribution in [1.82, 2.24) is 0 Å². The molecule has 2 heteroatoms. The number of nitrogen functional groups attached to an aromatic ring is 1. The minimum absolute atomic E-state index is 0.757. The first-order valence-electron chi connectivity index (χ1n) is 5.99. The van der Waals surface area contributed by atoms with E-state index in [1.807, 2.05) is 0 Å². The molecule has 80 valence electrons. The van der Waals surface area contributed by atoms with E-state index in [1.54, 1.807) is 0 Å². The van der Waals surface area contributed by atoms with Crippen LogP contribution < -0.4 is 10.6 Å². The van der Waals surface area contributed by atoms with Gasteiger partial charge in [-0.25, -0.2) is 0 Å². The van der Waals surface area contributed by atoms with Gasteiger partial charge in [0, 0.05) is 24.5 Å². The average Bonchev–Trinajstić information content (AvgIpc) is 2.94. The summed E-state index contributed by atoms with van der Waals surface area (Å²) in [5.41, 5.74) is 9.76. The number of hydrogen-bond acceptors (Lipinski definition) is 2. The van der Waals surface area contributed by atoms with Crippen LogP contribution in [0.4, 0.5) is 11.4 Å². The standard InChI is InChI=1S/C13H18N2/c14-13-6-5-11(15-7-1-2-8-15)9-12(13)10-3-4-10/h5-6,9-10H,1-4,7-8,14H2. The van der Waals surface area contributed by atoms with Crippen LogP contribution >= 0.6 is 0 Å². The maximum atomic E-state index is 6.01. The Kier molecular flexibility index (Phi) is 2.08. The number of benzene rings is 1. The molecule has 1 heterocycles. The fourth-order valence-electron chi connectivity index (χ4n) is 2.48. The zero-order valence-corrected chi connectivity index (χ0v) is 9.08. The minimum Gasteiger partial charge on any atom is -0.398 e. The van der Waals surface area contributed by atoms with Crippen LogP contribution in [0.3, 0.4) is 0 Å². The molecule has 0 radical (unpaired) electrons. The van der Waals surface area contributed by atoms with E-state index in [9.17, 15) is 0 Å². The van der Waals surface area contributed by atoms with Gasteiger partial charge in [-0.2, -0.15) is 0 Å². The molecule has 1 aromatic rings. The summed E-state index contributed by atoms with van der Waals surface area (Å²) in [6.45, 7) is 2.43. The molecule has 1 saturated carbocycles. The van der Waals surface area contributed by atoms with E-state index in [0.29, 0.717) is 0 Å². The van der Waals surface area contributed by atoms with Crippen molar-refractivity contribution in [2.24, 2.45) is 0 Å². The number of anilines is 2. The SMILES string of the molecule is Nc1ccc(N2CCCC2)cc1C1CC1. The zero-order chi connectivity index (χ0) is 10.3. The summed E-state index contributed by atoms with van der Waals surface area (Å²) >= 11 is 0. The molecule has 0 bridgehead atoms. The fraction of sp³-hybridized carbons (Fsp3) is 0.538. The Morgan fingerprint density at radius 3 is 2.53 bits per heavy atom. The van der Waals surface area contributed by atoms with E-state index in [2.05, 4.69) is 23.1 Å². The van der Waals surface area contributed by atoms with Crippen molar-refractivity contribution < 1.29 is 0 Å². The van der Waals surface area contributed by atoms with Crippen molar-refractivity contribution in [2.45, 2.75) is 31.6 Å². The van der Waals surface area contributed by atoms with Crippen LogP contribution in [0.1, 0.15) is 37.2 Å². The predicted octanol–water partition coefficient (Wildman–Crippen LogP) is 2.75. The Morgan fingerprint density at radius 1 is 1.13 bits per heavy atom. The van der Waals surface area contributed by atoms with Crippen molar-refractivity contribution in [3.8, 4) is 0 Å². The Labute approximate surface area is 91.1 Å². The summed E-state index contributed by atoms with van der Waals surface area (Å²) in [5, 5.41) is 0. The van der Waals surface area contributed by atoms with Crippen LogP contribution in [0.2, 0.25) is 0 Å². The molecule has 2 nitrogen and oxygen atoms in total. The molecule has 2 N–H and O–H groups in total. The van der Waals surface area contributed by atoms with E-state index < -0.39 is 0 Å². The van der Waals surface area contributed by atoms with Crippen LogP contribution in [0.25, 0.3) is 0 Å². The third-order valence-electron chi connectivity index (χ3n) is 3.56. The van der Waals surface area contributed by atoms with Gasteiger partial charge in [0.15, 0.2) is 0 Å². The highest BCUT2D eigenvalue weighted by Crippen LogP contribution is 2.44. The zero-order valence-electron chi connectivity index (χ0n) is 9.08. The third-order valence-corrected chi connectivity index (χ3v) is 3.56. The maximum absolute atomic E-state index is 6.01. The van der Waals surface area contributed by atoms with Gasteiger partial charge < -0.3 is 10.6 Å². The predicted molar refractivity (Wildman–Crippen MR) is 64.3 cm³/mol. The third kappa shape index (κ3) is 1.69. The molecule has 1 aliphatic carbocycles. The minimum atomic E-state index is 0.757. The van der Waals surface area contributed by atoms with Crippen molar-refractivity contribution in [1.29, 1.82) is 0 Å². The van der Waals surface area contributed by atoms with Gasteiger partial charge in [0.1, 0.15) is 0 Å². The second-order valence-corrected chi connectivity index (χ2v) is 4.78. The van der Waals surface area contributed by atoms with Crippen molar-refractivity contribution in [2.75, 3.05) is 23.7 Å². The molecule has 1 aliphatic heterocycles. The lowest BCUT2D eigenvalue weighted by Gasteiger charge is -2.19. The Balaban J connectivity index is 1.91. The lowest BCUT2D eigenvalue weighted by atomic mass is 10.1. The van der Waals surface area contributed by atoms with Crippen LogP contribution in [-0.4, -0.2) is 13.1 Å². The molecule has 3 rings (SSSR count). The molecule has 0 atom stereocenters. The van der Waals surface area contributed by atoms with Crippen LogP contribution in [0, 0.1) is 0 Å². The highest BCUT2D eigenvalue weighted by molar-refractivity contribution is 5.60. The van der Waals surface area contributed by atoms with Crippen molar-refractivity contribution in [3.63, 3.8) is 0 Å². The van der Waals surface area contributed by atoms with Crippen LogP contribution in [0.15, 0.2) is 18.2 Å². The van der Waals surface area contributed by atoms with Gasteiger partial charge in [0.05, 0.1) is 0 Å². The smallest absolute Gasteiger partial charge is 0.0370 e. The first kappa shape index (κ1) is 9.08. The first-order valence-corrected chi connectivity index (χ1v) is 5.99. The molecule has 1 aromatic carbocycles. The van der Waals surface area contributed by atoms with Gasteiger partial charge in [0.2, 0.25) is 0 Å². The fourth-order valence-corrected chi connectivity index (χ4v) is 2.48. The number of hydrogen-bond donors (Lipinski definition) is 1. The van der Waals surface area contributed by atoms with Gasteiger partial charge in [-0.05, 0) is 55.4 Å². The van der Waals surface area contributed by atoms with E-state index in [0.717, 1.165) is 11.6 Å². The Morgan fingerprint density at radius 2 is 1.87 bits per heavy atom. The van der Waals surface area contributed by atoms with Crippen LogP contribution in [-0.2, 0) is 0 Å². The normalized spacial score (nSPS) is 20.9. The van der Waals surface area contributed by atoms with E-state index in [4.69, 9.17) is 5.73 Å². The molecule has 0 spiro atoms. The van der Waals surface area contributed by atoms with Gasteiger partial charge >= 0.3 is 0 Å². The number of nitrogens with two attached hydrogens (primary N) is 1. The maximum Gasteiger partial charge on any atom is 0.0370 e. The first-order chi connectivity index (χ1) is 7.34. The van der Waals surface area contributed by atoms with Gasteiger partial charge in [-0.3, -0.25) is 0 Å². The molecule has 0 aromatic heterocycles. The summed E-state index contributed by atoms with van der Waals surface area (Å²) in [4.78, 5) is 2.48. The van der Waals surface area contributed by atoms with Crippen LogP contribution in [0.5, 0.6) is 0 Å². The quantitative estimate of drug-likeness (QED) is 0.747. The van der Waals surface area contributed by atoms with Crippen molar-refractivity contribution >= 4 is 11.4 Å². The summed E-state index contributed by atoms with van der Waals surface area (Å²) < 4.78 is 0. The second kappa shape index (κ2) is 3.44. The monoisotopic (exact) mass is 202 g/mol. The van der Waals surface area contributed by atoms with Gasteiger partial charge in [-0.1, -0.05) is 0 Å². The molecule has 1 saturated heterocycles. The Hall–Kier alpha value is -1.18. The summed E-state index contributed by atoms with van der Waals surface area (Å²) in [6.07, 6.45) is 5.33. The lowest BCUT2D eigenvalue weighted by molar-refractivity contribution is 0.949.